The van der Waals surface area contributed by atoms with Gasteiger partial charge in [0, 0.05) is 10.4 Å². The Kier molecular flexibility index (Phi) is 7.64. The van der Waals surface area contributed by atoms with E-state index in [1.165, 1.54) is 22.3 Å². The molecule has 0 saturated carbocycles. The van der Waals surface area contributed by atoms with E-state index in [1.54, 1.807) is 43.3 Å². The molecule has 2 heterocycles. The number of amides is 1. The number of ether oxygens (including phenoxy) is 2. The van der Waals surface area contributed by atoms with Crippen molar-refractivity contribution in [1.82, 2.24) is 4.90 Å². The minimum absolute atomic E-state index is 0.0134. The number of aliphatic hydroxyl groups is 1. The molecule has 1 atom stereocenters. The van der Waals surface area contributed by atoms with Crippen LogP contribution in [-0.2, 0) is 16.1 Å². The molecule has 1 amide bonds. The Morgan fingerprint density at radius 1 is 1.08 bits per heavy atom. The summed E-state index contributed by atoms with van der Waals surface area (Å²) in [7, 11) is 0. The highest BCUT2D eigenvalue weighted by molar-refractivity contribution is 7.09. The number of hydrogen-bond acceptors (Lipinski definition) is 7. The fourth-order valence-electron chi connectivity index (χ4n) is 4.06. The third-order valence-corrected chi connectivity index (χ3v) is 6.62. The van der Waals surface area contributed by atoms with Crippen molar-refractivity contribution >= 4 is 28.8 Å². The van der Waals surface area contributed by atoms with Crippen LogP contribution in [0.3, 0.4) is 0 Å². The Balaban J connectivity index is 1.79. The normalized spacial score (nSPS) is 17.1. The molecule has 1 fully saturated rings. The predicted molar refractivity (Wildman–Crippen MR) is 138 cm³/mol. The molecule has 0 radical (unpaired) electrons. The molecule has 0 spiro atoms. The van der Waals surface area contributed by atoms with E-state index in [1.807, 2.05) is 17.5 Å². The summed E-state index contributed by atoms with van der Waals surface area (Å²) in [5.74, 6) is -0.526. The van der Waals surface area contributed by atoms with E-state index < -0.39 is 17.7 Å². The number of phenolic OH excluding ortho intramolecular Hbond substituents is 1. The van der Waals surface area contributed by atoms with Crippen molar-refractivity contribution < 1.29 is 29.3 Å². The number of rotatable bonds is 9. The SMILES string of the molecule is CCOc1cc(C2/C(=C(/O)c3ccc(OCC(C)C)cc3)C(=O)C(=O)N2Cc2cccs2)ccc1O. The summed E-state index contributed by atoms with van der Waals surface area (Å²) in [5.41, 5.74) is 0.931. The summed E-state index contributed by atoms with van der Waals surface area (Å²) in [6.45, 7) is 6.99. The molecule has 1 aliphatic rings. The van der Waals surface area contributed by atoms with Crippen LogP contribution in [0.25, 0.3) is 5.76 Å². The Hall–Kier alpha value is -3.78. The second kappa shape index (κ2) is 10.9. The van der Waals surface area contributed by atoms with Gasteiger partial charge >= 0.3 is 0 Å². The molecule has 4 rings (SSSR count). The quantitative estimate of drug-likeness (QED) is 0.225. The van der Waals surface area contributed by atoms with Crippen molar-refractivity contribution in [3.8, 4) is 17.2 Å². The highest BCUT2D eigenvalue weighted by Gasteiger charge is 2.46. The average molecular weight is 508 g/mol. The number of ketones is 1. The number of hydrogen-bond donors (Lipinski definition) is 2. The molecule has 1 aliphatic heterocycles. The number of carbonyl (C=O) groups excluding carboxylic acids is 2. The van der Waals surface area contributed by atoms with Gasteiger partial charge in [-0.05, 0) is 66.2 Å². The van der Waals surface area contributed by atoms with Crippen LogP contribution in [0.1, 0.15) is 42.8 Å². The highest BCUT2D eigenvalue weighted by Crippen LogP contribution is 2.42. The minimum Gasteiger partial charge on any atom is -0.507 e. The third kappa shape index (κ3) is 5.23. The van der Waals surface area contributed by atoms with Crippen molar-refractivity contribution in [2.45, 2.75) is 33.4 Å². The molecule has 1 aromatic heterocycles. The lowest BCUT2D eigenvalue weighted by Gasteiger charge is -2.25. The van der Waals surface area contributed by atoms with Crippen molar-refractivity contribution in [2.75, 3.05) is 13.2 Å². The van der Waals surface area contributed by atoms with Gasteiger partial charge in [-0.15, -0.1) is 11.3 Å². The summed E-state index contributed by atoms with van der Waals surface area (Å²) in [5, 5.41) is 23.4. The molecule has 3 aromatic rings. The van der Waals surface area contributed by atoms with Crippen LogP contribution in [0.4, 0.5) is 0 Å². The molecule has 2 N–H and O–H groups in total. The molecular weight excluding hydrogens is 478 g/mol. The second-order valence-electron chi connectivity index (χ2n) is 8.90. The summed E-state index contributed by atoms with van der Waals surface area (Å²) in [4.78, 5) is 28.8. The number of aromatic hydroxyl groups is 1. The molecule has 36 heavy (non-hydrogen) atoms. The molecule has 2 aromatic carbocycles. The van der Waals surface area contributed by atoms with Crippen molar-refractivity contribution in [3.05, 3.63) is 81.6 Å². The van der Waals surface area contributed by atoms with E-state index in [0.29, 0.717) is 36.0 Å². The average Bonchev–Trinajstić information content (AvgIpc) is 3.46. The topological polar surface area (TPSA) is 96.3 Å². The van der Waals surface area contributed by atoms with Crippen molar-refractivity contribution in [2.24, 2.45) is 5.92 Å². The maximum atomic E-state index is 13.3. The zero-order valence-corrected chi connectivity index (χ0v) is 21.2. The number of phenols is 1. The van der Waals surface area contributed by atoms with E-state index in [0.717, 1.165) is 4.88 Å². The molecule has 0 bridgehead atoms. The van der Waals surface area contributed by atoms with Crippen LogP contribution in [0, 0.1) is 5.92 Å². The van der Waals surface area contributed by atoms with Gasteiger partial charge in [0.2, 0.25) is 0 Å². The first kappa shape index (κ1) is 25.3. The molecular formula is C28H29NO6S. The highest BCUT2D eigenvalue weighted by atomic mass is 32.1. The first-order valence-electron chi connectivity index (χ1n) is 11.8. The van der Waals surface area contributed by atoms with Gasteiger partial charge in [-0.1, -0.05) is 26.0 Å². The van der Waals surface area contributed by atoms with Gasteiger partial charge in [0.05, 0.1) is 31.4 Å². The standard InChI is InChI=1S/C28H29NO6S/c1-4-34-23-14-19(9-12-22(23)30)25-24(27(32)28(33)29(25)15-21-6-5-13-36-21)26(31)18-7-10-20(11-8-18)35-16-17(2)3/h5-14,17,25,30-31H,4,15-16H2,1-3H3/b26-24-. The number of carbonyl (C=O) groups is 2. The van der Waals surface area contributed by atoms with Gasteiger partial charge in [0.1, 0.15) is 11.5 Å². The van der Waals surface area contributed by atoms with Crippen LogP contribution in [0.5, 0.6) is 17.2 Å². The molecule has 7 nitrogen and oxygen atoms in total. The van der Waals surface area contributed by atoms with Gasteiger partial charge < -0.3 is 24.6 Å². The number of thiophene rings is 1. The summed E-state index contributed by atoms with van der Waals surface area (Å²) >= 11 is 1.48. The van der Waals surface area contributed by atoms with E-state index in [9.17, 15) is 19.8 Å². The zero-order chi connectivity index (χ0) is 25.8. The first-order valence-corrected chi connectivity index (χ1v) is 12.7. The van der Waals surface area contributed by atoms with Gasteiger partial charge in [-0.25, -0.2) is 0 Å². The molecule has 0 aliphatic carbocycles. The molecule has 8 heteroatoms. The number of Topliss-reactive ketones (excluding diaryl/α,β-unsaturated/α-hetero) is 1. The summed E-state index contributed by atoms with van der Waals surface area (Å²) < 4.78 is 11.3. The van der Waals surface area contributed by atoms with Crippen LogP contribution in [0.2, 0.25) is 0 Å². The number of nitrogens with zero attached hydrogens (tertiary/aromatic N) is 1. The number of aliphatic hydroxyl groups excluding tert-OH is 1. The summed E-state index contributed by atoms with van der Waals surface area (Å²) in [6.07, 6.45) is 0. The van der Waals surface area contributed by atoms with E-state index in [2.05, 4.69) is 13.8 Å². The van der Waals surface area contributed by atoms with Crippen LogP contribution in [0.15, 0.2) is 65.6 Å². The second-order valence-corrected chi connectivity index (χ2v) is 9.93. The maximum Gasteiger partial charge on any atom is 0.295 e. The smallest absolute Gasteiger partial charge is 0.295 e. The van der Waals surface area contributed by atoms with Gasteiger partial charge in [0.25, 0.3) is 11.7 Å². The van der Waals surface area contributed by atoms with Crippen LogP contribution >= 0.6 is 11.3 Å². The van der Waals surface area contributed by atoms with Crippen molar-refractivity contribution in [1.29, 1.82) is 0 Å². The summed E-state index contributed by atoms with van der Waals surface area (Å²) in [6, 6.07) is 14.4. The third-order valence-electron chi connectivity index (χ3n) is 5.76. The minimum atomic E-state index is -0.858. The van der Waals surface area contributed by atoms with E-state index in [4.69, 9.17) is 9.47 Å². The van der Waals surface area contributed by atoms with Gasteiger partial charge in [0.15, 0.2) is 11.5 Å². The fraction of sp³-hybridized carbons (Fsp3) is 0.286. The van der Waals surface area contributed by atoms with E-state index >= 15 is 0 Å². The lowest BCUT2D eigenvalue weighted by Crippen LogP contribution is -2.28. The van der Waals surface area contributed by atoms with Crippen molar-refractivity contribution in [3.63, 3.8) is 0 Å². The molecule has 1 saturated heterocycles. The number of benzene rings is 2. The Bertz CT molecular complexity index is 1260. The first-order chi connectivity index (χ1) is 17.3. The lowest BCUT2D eigenvalue weighted by molar-refractivity contribution is -0.140. The zero-order valence-electron chi connectivity index (χ0n) is 20.4. The number of likely N-dealkylation sites (tertiary alicyclic amines) is 1. The Morgan fingerprint density at radius 3 is 2.47 bits per heavy atom. The van der Waals surface area contributed by atoms with Crippen LogP contribution < -0.4 is 9.47 Å². The lowest BCUT2D eigenvalue weighted by atomic mass is 9.95. The molecule has 1 unspecified atom stereocenters. The maximum absolute atomic E-state index is 13.3. The van der Waals surface area contributed by atoms with Gasteiger partial charge in [-0.3, -0.25) is 9.59 Å². The monoisotopic (exact) mass is 507 g/mol. The predicted octanol–water partition coefficient (Wildman–Crippen LogP) is 5.51. The fourth-order valence-corrected chi connectivity index (χ4v) is 4.76. The van der Waals surface area contributed by atoms with Gasteiger partial charge in [-0.2, -0.15) is 0 Å². The van der Waals surface area contributed by atoms with Crippen LogP contribution in [-0.4, -0.2) is 40.0 Å². The Labute approximate surface area is 214 Å². The molecule has 188 valence electrons. The Morgan fingerprint density at radius 2 is 1.83 bits per heavy atom. The largest absolute Gasteiger partial charge is 0.507 e. The van der Waals surface area contributed by atoms with E-state index in [-0.39, 0.29) is 29.4 Å².